The molecule has 2 heterocycles. The fourth-order valence-corrected chi connectivity index (χ4v) is 6.77. The van der Waals surface area contributed by atoms with E-state index in [1.165, 1.54) is 0 Å². The predicted molar refractivity (Wildman–Crippen MR) is 153 cm³/mol. The predicted octanol–water partition coefficient (Wildman–Crippen LogP) is 7.01. The van der Waals surface area contributed by atoms with Crippen molar-refractivity contribution >= 4 is 14.2 Å². The molecule has 0 radical (unpaired) electrons. The Kier molecular flexibility index (Phi) is 11.5. The van der Waals surface area contributed by atoms with E-state index < -0.39 is 44.2 Å². The van der Waals surface area contributed by atoms with Gasteiger partial charge in [-0.25, -0.2) is 27.0 Å². The maximum atomic E-state index is 14.4. The SMILES string of the molecule is C[Si](C)(C)CCOCn1nccc1C1CCCN(C(=O)OCCF)C1CO[C@H]1CC[C@@H](c2c(F)ccc(F)c2F)CC1. The van der Waals surface area contributed by atoms with Gasteiger partial charge in [0.05, 0.1) is 18.8 Å². The number of ether oxygens (including phenoxy) is 3. The lowest BCUT2D eigenvalue weighted by Crippen LogP contribution is -2.51. The average Bonchev–Trinajstić information content (AvgIpc) is 3.43. The van der Waals surface area contributed by atoms with Crippen LogP contribution in [0.3, 0.4) is 0 Å². The van der Waals surface area contributed by atoms with E-state index in [2.05, 4.69) is 24.7 Å². The molecule has 0 N–H and O–H groups in total. The van der Waals surface area contributed by atoms with Crippen LogP contribution in [0.25, 0.3) is 0 Å². The molecule has 0 spiro atoms. The highest BCUT2D eigenvalue weighted by Crippen LogP contribution is 2.38. The quantitative estimate of drug-likeness (QED) is 0.112. The first kappa shape index (κ1) is 32.5. The van der Waals surface area contributed by atoms with Gasteiger partial charge in [-0.1, -0.05) is 19.6 Å². The van der Waals surface area contributed by atoms with E-state index in [-0.39, 0.29) is 36.8 Å². The topological polar surface area (TPSA) is 65.8 Å². The Bertz CT molecular complexity index is 1170. The summed E-state index contributed by atoms with van der Waals surface area (Å²) in [6.07, 6.45) is 4.52. The second-order valence-electron chi connectivity index (χ2n) is 12.5. The molecule has 0 bridgehead atoms. The normalized spacial score (nSPS) is 23.3. The number of carbonyl (C=O) groups is 1. The number of alkyl halides is 1. The fraction of sp³-hybridized carbons (Fsp3) is 0.667. The molecule has 234 valence electrons. The van der Waals surface area contributed by atoms with Crippen LogP contribution in [0.4, 0.5) is 22.4 Å². The van der Waals surface area contributed by atoms with Gasteiger partial charge in [0.25, 0.3) is 0 Å². The van der Waals surface area contributed by atoms with Crippen molar-refractivity contribution in [3.05, 3.63) is 53.1 Å². The first-order valence-electron chi connectivity index (χ1n) is 14.9. The smallest absolute Gasteiger partial charge is 0.410 e. The number of hydrogen-bond acceptors (Lipinski definition) is 5. The van der Waals surface area contributed by atoms with Crippen molar-refractivity contribution in [2.75, 3.05) is 33.0 Å². The lowest BCUT2D eigenvalue weighted by Gasteiger charge is -2.41. The summed E-state index contributed by atoms with van der Waals surface area (Å²) >= 11 is 0. The van der Waals surface area contributed by atoms with Gasteiger partial charge in [-0.05, 0) is 68.7 Å². The summed E-state index contributed by atoms with van der Waals surface area (Å²) in [4.78, 5) is 14.6. The van der Waals surface area contributed by atoms with Crippen molar-refractivity contribution in [1.82, 2.24) is 14.7 Å². The van der Waals surface area contributed by atoms with Crippen LogP contribution in [0.1, 0.15) is 61.6 Å². The van der Waals surface area contributed by atoms with E-state index in [1.54, 1.807) is 11.1 Å². The minimum absolute atomic E-state index is 0.105. The number of nitrogens with zero attached hydrogens (tertiary/aromatic N) is 3. The van der Waals surface area contributed by atoms with Crippen LogP contribution in [-0.2, 0) is 20.9 Å². The largest absolute Gasteiger partial charge is 0.447 e. The van der Waals surface area contributed by atoms with Crippen LogP contribution in [0.5, 0.6) is 0 Å². The van der Waals surface area contributed by atoms with Crippen molar-refractivity contribution < 1.29 is 36.6 Å². The zero-order chi connectivity index (χ0) is 30.3. The van der Waals surface area contributed by atoms with Gasteiger partial charge in [0.1, 0.15) is 25.8 Å². The Hall–Kier alpha value is -2.44. The first-order chi connectivity index (χ1) is 20.1. The van der Waals surface area contributed by atoms with E-state index in [0.717, 1.165) is 36.7 Å². The van der Waals surface area contributed by atoms with Gasteiger partial charge in [0, 0.05) is 44.6 Å². The summed E-state index contributed by atoms with van der Waals surface area (Å²) in [5.41, 5.74) is 0.739. The molecule has 2 unspecified atom stereocenters. The van der Waals surface area contributed by atoms with E-state index in [1.807, 2.05) is 10.7 Å². The summed E-state index contributed by atoms with van der Waals surface area (Å²) in [6, 6.07) is 4.37. The average molecular weight is 614 g/mol. The second kappa shape index (κ2) is 14.8. The standard InChI is InChI=1S/C30H43F4N3O4Si/c1-42(2,3)18-17-39-20-37-26(12-14-35-37)23-5-4-15-36(30(38)40-16-13-31)27(23)19-41-22-8-6-21(7-9-22)28-24(32)10-11-25(33)29(28)34/h10-12,14,21-23,27H,4-9,13,15-20H2,1-3H3/t21-,22+,23?,27?. The van der Waals surface area contributed by atoms with Crippen molar-refractivity contribution in [1.29, 1.82) is 0 Å². The van der Waals surface area contributed by atoms with Crippen molar-refractivity contribution in [2.45, 2.75) is 94.9 Å². The first-order valence-corrected chi connectivity index (χ1v) is 18.6. The third-order valence-corrected chi connectivity index (χ3v) is 10.0. The highest BCUT2D eigenvalue weighted by molar-refractivity contribution is 6.76. The number of piperidine rings is 1. The molecule has 1 aliphatic heterocycles. The minimum atomic E-state index is -1.24. The molecule has 2 atom stereocenters. The molecule has 2 fully saturated rings. The Morgan fingerprint density at radius 1 is 1.02 bits per heavy atom. The number of hydrogen-bond donors (Lipinski definition) is 0. The van der Waals surface area contributed by atoms with Crippen LogP contribution >= 0.6 is 0 Å². The second-order valence-corrected chi connectivity index (χ2v) is 18.1. The molecule has 1 saturated carbocycles. The van der Waals surface area contributed by atoms with Crippen LogP contribution in [0, 0.1) is 17.5 Å². The maximum absolute atomic E-state index is 14.4. The maximum Gasteiger partial charge on any atom is 0.410 e. The minimum Gasteiger partial charge on any atom is -0.447 e. The van der Waals surface area contributed by atoms with E-state index in [9.17, 15) is 22.4 Å². The molecule has 1 amide bonds. The summed E-state index contributed by atoms with van der Waals surface area (Å²) in [5, 5.41) is 4.48. The Morgan fingerprint density at radius 2 is 1.76 bits per heavy atom. The molecule has 1 aromatic carbocycles. The monoisotopic (exact) mass is 613 g/mol. The molecule has 1 aliphatic carbocycles. The lowest BCUT2D eigenvalue weighted by atomic mass is 9.82. The third kappa shape index (κ3) is 8.34. The number of aromatic nitrogens is 2. The van der Waals surface area contributed by atoms with Gasteiger partial charge in [-0.3, -0.25) is 0 Å². The summed E-state index contributed by atoms with van der Waals surface area (Å²) in [7, 11) is -1.24. The molecular formula is C30H43F4N3O4Si. The van der Waals surface area contributed by atoms with Crippen LogP contribution < -0.4 is 0 Å². The Labute approximate surface area is 246 Å². The van der Waals surface area contributed by atoms with Crippen LogP contribution in [0.2, 0.25) is 25.7 Å². The van der Waals surface area contributed by atoms with Gasteiger partial charge in [0.15, 0.2) is 11.6 Å². The Balaban J connectivity index is 1.43. The highest BCUT2D eigenvalue weighted by atomic mass is 28.3. The Morgan fingerprint density at radius 3 is 2.48 bits per heavy atom. The number of amides is 1. The summed E-state index contributed by atoms with van der Waals surface area (Å²) in [6.45, 7) is 7.45. The number of carbonyl (C=O) groups excluding carboxylic acids is 1. The number of rotatable bonds is 12. The third-order valence-electron chi connectivity index (χ3n) is 8.32. The molecule has 7 nitrogen and oxygen atoms in total. The zero-order valence-electron chi connectivity index (χ0n) is 24.8. The van der Waals surface area contributed by atoms with Crippen molar-refractivity contribution in [3.8, 4) is 0 Å². The van der Waals surface area contributed by atoms with Crippen LogP contribution in [0.15, 0.2) is 24.4 Å². The van der Waals surface area contributed by atoms with Gasteiger partial charge in [-0.2, -0.15) is 5.10 Å². The van der Waals surface area contributed by atoms with Gasteiger partial charge >= 0.3 is 6.09 Å². The van der Waals surface area contributed by atoms with Gasteiger partial charge in [-0.15, -0.1) is 0 Å². The van der Waals surface area contributed by atoms with Gasteiger partial charge < -0.3 is 19.1 Å². The summed E-state index contributed by atoms with van der Waals surface area (Å²) in [5.74, 6) is -3.43. The molecule has 42 heavy (non-hydrogen) atoms. The number of halogens is 4. The molecule has 1 saturated heterocycles. The number of benzene rings is 1. The van der Waals surface area contributed by atoms with Crippen LogP contribution in [-0.4, -0.2) is 74.0 Å². The molecule has 2 aromatic rings. The molecular weight excluding hydrogens is 570 g/mol. The highest BCUT2D eigenvalue weighted by Gasteiger charge is 2.39. The van der Waals surface area contributed by atoms with E-state index in [0.29, 0.717) is 45.6 Å². The molecule has 4 rings (SSSR count). The number of likely N-dealkylation sites (tertiary alicyclic amines) is 1. The van der Waals surface area contributed by atoms with Crippen molar-refractivity contribution in [2.24, 2.45) is 0 Å². The fourth-order valence-electron chi connectivity index (χ4n) is 6.01. The zero-order valence-corrected chi connectivity index (χ0v) is 25.8. The van der Waals surface area contributed by atoms with E-state index >= 15 is 0 Å². The lowest BCUT2D eigenvalue weighted by molar-refractivity contribution is -0.0280. The molecule has 12 heteroatoms. The van der Waals surface area contributed by atoms with Crippen molar-refractivity contribution in [3.63, 3.8) is 0 Å². The van der Waals surface area contributed by atoms with Gasteiger partial charge in [0.2, 0.25) is 0 Å². The summed E-state index contributed by atoms with van der Waals surface area (Å²) < 4.78 is 74.6. The molecule has 1 aromatic heterocycles. The molecule has 2 aliphatic rings. The van der Waals surface area contributed by atoms with E-state index in [4.69, 9.17) is 14.2 Å².